The van der Waals surface area contributed by atoms with Crippen LogP contribution in [0.25, 0.3) is 0 Å². The van der Waals surface area contributed by atoms with Crippen LogP contribution in [-0.2, 0) is 0 Å². The molecule has 0 aromatic heterocycles. The standard InChI is InChI=1S/C15H23ClO/c1-13(2)15(3,12-16)10-7-11-17-14-8-5-4-6-9-14/h4-6,8-9,13H,7,10-12H2,1-3H3. The van der Waals surface area contributed by atoms with Crippen LogP contribution < -0.4 is 4.74 Å². The first-order chi connectivity index (χ1) is 8.08. The minimum atomic E-state index is 0.224. The molecule has 1 aromatic carbocycles. The van der Waals surface area contributed by atoms with E-state index in [9.17, 15) is 0 Å². The summed E-state index contributed by atoms with van der Waals surface area (Å²) in [5.41, 5.74) is 0.224. The predicted molar refractivity (Wildman–Crippen MR) is 74.8 cm³/mol. The summed E-state index contributed by atoms with van der Waals surface area (Å²) in [4.78, 5) is 0. The van der Waals surface area contributed by atoms with E-state index >= 15 is 0 Å². The number of ether oxygens (including phenoxy) is 1. The Morgan fingerprint density at radius 1 is 1.24 bits per heavy atom. The van der Waals surface area contributed by atoms with Crippen molar-refractivity contribution in [2.45, 2.75) is 33.6 Å². The molecule has 1 aromatic rings. The molecule has 0 radical (unpaired) electrons. The van der Waals surface area contributed by atoms with Crippen molar-refractivity contribution in [3.8, 4) is 5.75 Å². The van der Waals surface area contributed by atoms with Crippen molar-refractivity contribution in [2.24, 2.45) is 11.3 Å². The Hall–Kier alpha value is -0.690. The maximum atomic E-state index is 6.06. The van der Waals surface area contributed by atoms with Crippen molar-refractivity contribution in [3.63, 3.8) is 0 Å². The summed E-state index contributed by atoms with van der Waals surface area (Å²) in [6.07, 6.45) is 2.16. The van der Waals surface area contributed by atoms with E-state index in [0.717, 1.165) is 31.1 Å². The third-order valence-corrected chi connectivity index (χ3v) is 4.21. The molecule has 0 heterocycles. The highest BCUT2D eigenvalue weighted by Gasteiger charge is 2.26. The van der Waals surface area contributed by atoms with Gasteiger partial charge in [-0.2, -0.15) is 0 Å². The van der Waals surface area contributed by atoms with Gasteiger partial charge in [-0.05, 0) is 36.3 Å². The highest BCUT2D eigenvalue weighted by atomic mass is 35.5. The second-order valence-corrected chi connectivity index (χ2v) is 5.47. The first kappa shape index (κ1) is 14.4. The molecule has 1 atom stereocenters. The molecule has 0 amide bonds. The second-order valence-electron chi connectivity index (χ2n) is 5.21. The third-order valence-electron chi connectivity index (χ3n) is 3.60. The van der Waals surface area contributed by atoms with Crippen LogP contribution in [0.3, 0.4) is 0 Å². The molecule has 1 nitrogen and oxygen atoms in total. The lowest BCUT2D eigenvalue weighted by Gasteiger charge is -2.31. The van der Waals surface area contributed by atoms with Crippen molar-refractivity contribution in [1.29, 1.82) is 0 Å². The minimum Gasteiger partial charge on any atom is -0.494 e. The van der Waals surface area contributed by atoms with Crippen LogP contribution >= 0.6 is 11.6 Å². The summed E-state index contributed by atoms with van der Waals surface area (Å²) in [6, 6.07) is 9.96. The SMILES string of the molecule is CC(C)C(C)(CCl)CCCOc1ccccc1. The van der Waals surface area contributed by atoms with E-state index in [-0.39, 0.29) is 5.41 Å². The molecule has 0 N–H and O–H groups in total. The molecular weight excluding hydrogens is 232 g/mol. The Kier molecular flexibility index (Phi) is 5.84. The number of halogens is 1. The van der Waals surface area contributed by atoms with E-state index in [1.54, 1.807) is 0 Å². The van der Waals surface area contributed by atoms with Gasteiger partial charge in [-0.3, -0.25) is 0 Å². The molecule has 0 aliphatic heterocycles. The first-order valence-electron chi connectivity index (χ1n) is 6.32. The first-order valence-corrected chi connectivity index (χ1v) is 6.86. The highest BCUT2D eigenvalue weighted by molar-refractivity contribution is 6.18. The number of alkyl halides is 1. The van der Waals surface area contributed by atoms with Gasteiger partial charge in [0.15, 0.2) is 0 Å². The topological polar surface area (TPSA) is 9.23 Å². The van der Waals surface area contributed by atoms with E-state index in [0.29, 0.717) is 5.92 Å². The van der Waals surface area contributed by atoms with Gasteiger partial charge in [-0.1, -0.05) is 39.0 Å². The molecule has 1 rings (SSSR count). The molecule has 0 spiro atoms. The van der Waals surface area contributed by atoms with Crippen LogP contribution in [0, 0.1) is 11.3 Å². The Balaban J connectivity index is 2.28. The quantitative estimate of drug-likeness (QED) is 0.504. The smallest absolute Gasteiger partial charge is 0.119 e. The molecule has 0 aliphatic carbocycles. The molecule has 0 saturated heterocycles. The Morgan fingerprint density at radius 2 is 1.88 bits per heavy atom. The fraction of sp³-hybridized carbons (Fsp3) is 0.600. The van der Waals surface area contributed by atoms with Crippen molar-refractivity contribution >= 4 is 11.6 Å². The Labute approximate surface area is 110 Å². The van der Waals surface area contributed by atoms with Gasteiger partial charge in [0.25, 0.3) is 0 Å². The van der Waals surface area contributed by atoms with Gasteiger partial charge in [0.2, 0.25) is 0 Å². The van der Waals surface area contributed by atoms with Crippen LogP contribution in [0.1, 0.15) is 33.6 Å². The molecule has 0 saturated carbocycles. The molecular formula is C15H23ClO. The maximum Gasteiger partial charge on any atom is 0.119 e. The molecule has 0 bridgehead atoms. The van der Waals surface area contributed by atoms with Crippen molar-refractivity contribution in [3.05, 3.63) is 30.3 Å². The van der Waals surface area contributed by atoms with Gasteiger partial charge in [0.1, 0.15) is 5.75 Å². The summed E-state index contributed by atoms with van der Waals surface area (Å²) < 4.78 is 5.68. The summed E-state index contributed by atoms with van der Waals surface area (Å²) in [5.74, 6) is 2.28. The van der Waals surface area contributed by atoms with Gasteiger partial charge in [-0.25, -0.2) is 0 Å². The summed E-state index contributed by atoms with van der Waals surface area (Å²) in [5, 5.41) is 0. The fourth-order valence-electron chi connectivity index (χ4n) is 1.69. The van der Waals surface area contributed by atoms with E-state index in [4.69, 9.17) is 16.3 Å². The average Bonchev–Trinajstić information content (AvgIpc) is 2.35. The zero-order valence-corrected chi connectivity index (χ0v) is 11.8. The number of para-hydroxylation sites is 1. The van der Waals surface area contributed by atoms with Gasteiger partial charge < -0.3 is 4.74 Å². The van der Waals surface area contributed by atoms with Crippen LogP contribution in [-0.4, -0.2) is 12.5 Å². The predicted octanol–water partition coefficient (Wildman–Crippen LogP) is 4.75. The third kappa shape index (κ3) is 4.59. The fourth-order valence-corrected chi connectivity index (χ4v) is 2.13. The van der Waals surface area contributed by atoms with Crippen LogP contribution in [0.2, 0.25) is 0 Å². The summed E-state index contributed by atoms with van der Waals surface area (Å²) >= 11 is 6.06. The number of hydrogen-bond donors (Lipinski definition) is 0. The number of benzene rings is 1. The number of rotatable bonds is 7. The lowest BCUT2D eigenvalue weighted by atomic mass is 9.77. The normalized spacial score (nSPS) is 14.6. The molecule has 96 valence electrons. The van der Waals surface area contributed by atoms with Crippen molar-refractivity contribution in [2.75, 3.05) is 12.5 Å². The zero-order chi connectivity index (χ0) is 12.7. The van der Waals surface area contributed by atoms with Crippen molar-refractivity contribution in [1.82, 2.24) is 0 Å². The van der Waals surface area contributed by atoms with E-state index in [1.165, 1.54) is 0 Å². The molecule has 2 heteroatoms. The second kappa shape index (κ2) is 6.90. The minimum absolute atomic E-state index is 0.224. The van der Waals surface area contributed by atoms with Crippen LogP contribution in [0.15, 0.2) is 30.3 Å². The van der Waals surface area contributed by atoms with Crippen LogP contribution in [0.4, 0.5) is 0 Å². The highest BCUT2D eigenvalue weighted by Crippen LogP contribution is 2.33. The van der Waals surface area contributed by atoms with Gasteiger partial charge >= 0.3 is 0 Å². The van der Waals surface area contributed by atoms with Crippen LogP contribution in [0.5, 0.6) is 5.75 Å². The van der Waals surface area contributed by atoms with Crippen molar-refractivity contribution < 1.29 is 4.74 Å². The lowest BCUT2D eigenvalue weighted by molar-refractivity contribution is 0.203. The van der Waals surface area contributed by atoms with Gasteiger partial charge in [-0.15, -0.1) is 11.6 Å². The monoisotopic (exact) mass is 254 g/mol. The van der Waals surface area contributed by atoms with Gasteiger partial charge in [0.05, 0.1) is 6.61 Å². The van der Waals surface area contributed by atoms with Gasteiger partial charge in [0, 0.05) is 5.88 Å². The van der Waals surface area contributed by atoms with E-state index in [2.05, 4.69) is 20.8 Å². The average molecular weight is 255 g/mol. The van der Waals surface area contributed by atoms with E-state index < -0.39 is 0 Å². The Morgan fingerprint density at radius 3 is 2.41 bits per heavy atom. The molecule has 1 unspecified atom stereocenters. The van der Waals surface area contributed by atoms with E-state index in [1.807, 2.05) is 30.3 Å². The summed E-state index contributed by atoms with van der Waals surface area (Å²) in [7, 11) is 0. The largest absolute Gasteiger partial charge is 0.494 e. The lowest BCUT2D eigenvalue weighted by Crippen LogP contribution is -2.26. The molecule has 17 heavy (non-hydrogen) atoms. The molecule has 0 aliphatic rings. The zero-order valence-electron chi connectivity index (χ0n) is 11.1. The Bertz CT molecular complexity index is 310. The molecule has 0 fully saturated rings. The number of hydrogen-bond acceptors (Lipinski definition) is 1. The summed E-state index contributed by atoms with van der Waals surface area (Å²) in [6.45, 7) is 7.50. The maximum absolute atomic E-state index is 6.06.